The second kappa shape index (κ2) is 7.90. The van der Waals surface area contributed by atoms with Gasteiger partial charge in [-0.05, 0) is 30.3 Å². The molecule has 1 aliphatic rings. The number of piperazine rings is 1. The lowest BCUT2D eigenvalue weighted by Gasteiger charge is -2.36. The number of anilines is 1. The molecule has 0 atom stereocenters. The maximum atomic E-state index is 12.9. The molecule has 7 nitrogen and oxygen atoms in total. The number of hydrogen-bond donors (Lipinski definition) is 1. The monoisotopic (exact) mass is 473 g/mol. The maximum Gasteiger partial charge on any atom is 0.416 e. The molecule has 0 unspecified atom stereocenters. The van der Waals surface area contributed by atoms with E-state index in [1.165, 1.54) is 17.0 Å². The lowest BCUT2D eigenvalue weighted by molar-refractivity contribution is -0.384. The molecule has 3 rings (SSSR count). The van der Waals surface area contributed by atoms with E-state index in [0.29, 0.717) is 10.5 Å². The SMILES string of the molecule is O=C(c1cc(Br)ccc1O)N1CCN(c2ccc(C(F)(F)F)cc2[N+](=O)[O-])CC1. The van der Waals surface area contributed by atoms with Gasteiger partial charge in [-0.25, -0.2) is 0 Å². The Morgan fingerprint density at radius 1 is 1.10 bits per heavy atom. The number of halogens is 4. The summed E-state index contributed by atoms with van der Waals surface area (Å²) >= 11 is 3.24. The van der Waals surface area contributed by atoms with Gasteiger partial charge >= 0.3 is 6.18 Å². The van der Waals surface area contributed by atoms with Crippen LogP contribution in [0, 0.1) is 10.1 Å². The fraction of sp³-hybridized carbons (Fsp3) is 0.278. The van der Waals surface area contributed by atoms with E-state index in [2.05, 4.69) is 15.9 Å². The first kappa shape index (κ1) is 20.9. The highest BCUT2D eigenvalue weighted by Crippen LogP contribution is 2.37. The topological polar surface area (TPSA) is 86.9 Å². The number of amides is 1. The first-order chi connectivity index (χ1) is 13.6. The van der Waals surface area contributed by atoms with Crippen LogP contribution in [0.15, 0.2) is 40.9 Å². The Bertz CT molecular complexity index is 960. The minimum atomic E-state index is -4.68. The molecule has 0 aliphatic carbocycles. The predicted molar refractivity (Wildman–Crippen MR) is 102 cm³/mol. The van der Waals surface area contributed by atoms with Crippen molar-refractivity contribution in [3.05, 3.63) is 62.1 Å². The molecule has 29 heavy (non-hydrogen) atoms. The van der Waals surface area contributed by atoms with Crippen molar-refractivity contribution in [1.29, 1.82) is 0 Å². The molecule has 1 amide bonds. The smallest absolute Gasteiger partial charge is 0.416 e. The molecule has 1 N–H and O–H groups in total. The molecule has 2 aromatic rings. The molecule has 0 aromatic heterocycles. The van der Waals surface area contributed by atoms with Crippen LogP contribution in [0.1, 0.15) is 15.9 Å². The number of alkyl halides is 3. The lowest BCUT2D eigenvalue weighted by atomic mass is 10.1. The molecule has 0 bridgehead atoms. The molecule has 2 aromatic carbocycles. The third-order valence-corrected chi connectivity index (χ3v) is 5.09. The Morgan fingerprint density at radius 2 is 1.76 bits per heavy atom. The number of phenols is 1. The number of rotatable bonds is 3. The van der Waals surface area contributed by atoms with Crippen LogP contribution in [-0.2, 0) is 6.18 Å². The van der Waals surface area contributed by atoms with Gasteiger partial charge in [0.15, 0.2) is 0 Å². The number of nitrogens with zero attached hydrogens (tertiary/aromatic N) is 3. The Kier molecular flexibility index (Phi) is 5.69. The number of aromatic hydroxyl groups is 1. The van der Waals surface area contributed by atoms with E-state index >= 15 is 0 Å². The summed E-state index contributed by atoms with van der Waals surface area (Å²) in [6.07, 6.45) is -4.68. The van der Waals surface area contributed by atoms with Crippen LogP contribution in [-0.4, -0.2) is 47.0 Å². The highest BCUT2D eigenvalue weighted by Gasteiger charge is 2.34. The minimum Gasteiger partial charge on any atom is -0.507 e. The third-order valence-electron chi connectivity index (χ3n) is 4.60. The molecule has 0 radical (unpaired) electrons. The van der Waals surface area contributed by atoms with Gasteiger partial charge in [0.2, 0.25) is 0 Å². The van der Waals surface area contributed by atoms with Gasteiger partial charge in [0.25, 0.3) is 11.6 Å². The fourth-order valence-corrected chi connectivity index (χ4v) is 3.47. The Balaban J connectivity index is 1.78. The summed E-state index contributed by atoms with van der Waals surface area (Å²) in [5, 5.41) is 21.2. The molecular weight excluding hydrogens is 459 g/mol. The number of nitro benzene ring substituents is 1. The summed E-state index contributed by atoms with van der Waals surface area (Å²) < 4.78 is 39.2. The highest BCUT2D eigenvalue weighted by atomic mass is 79.9. The fourth-order valence-electron chi connectivity index (χ4n) is 3.11. The van der Waals surface area contributed by atoms with Gasteiger partial charge in [-0.2, -0.15) is 13.2 Å². The first-order valence-corrected chi connectivity index (χ1v) is 9.25. The van der Waals surface area contributed by atoms with Crippen LogP contribution < -0.4 is 4.90 Å². The number of hydrogen-bond acceptors (Lipinski definition) is 5. The van der Waals surface area contributed by atoms with Gasteiger partial charge in [-0.3, -0.25) is 14.9 Å². The Morgan fingerprint density at radius 3 is 2.34 bits per heavy atom. The number of nitro groups is 1. The van der Waals surface area contributed by atoms with E-state index in [1.807, 2.05) is 0 Å². The van der Waals surface area contributed by atoms with Crippen LogP contribution in [0.2, 0.25) is 0 Å². The standard InChI is InChI=1S/C18H15BrF3N3O4/c19-12-2-4-16(26)13(10-12)17(27)24-7-5-23(6-8-24)14-3-1-11(18(20,21)22)9-15(14)25(28)29/h1-4,9-10,26H,5-8H2. The molecular formula is C18H15BrF3N3O4. The van der Waals surface area contributed by atoms with Gasteiger partial charge < -0.3 is 14.9 Å². The number of carbonyl (C=O) groups is 1. The van der Waals surface area contributed by atoms with Gasteiger partial charge in [0.05, 0.1) is 16.1 Å². The van der Waals surface area contributed by atoms with Gasteiger partial charge in [-0.1, -0.05) is 15.9 Å². The average molecular weight is 474 g/mol. The normalized spacial score (nSPS) is 14.8. The molecule has 1 fully saturated rings. The van der Waals surface area contributed by atoms with Crippen LogP contribution in [0.5, 0.6) is 5.75 Å². The molecule has 1 aliphatic heterocycles. The molecule has 1 saturated heterocycles. The van der Waals surface area contributed by atoms with Gasteiger partial charge in [-0.15, -0.1) is 0 Å². The highest BCUT2D eigenvalue weighted by molar-refractivity contribution is 9.10. The Labute approximate surface area is 171 Å². The van der Waals surface area contributed by atoms with Crippen molar-refractivity contribution < 1.29 is 28.0 Å². The van der Waals surface area contributed by atoms with E-state index in [1.54, 1.807) is 11.0 Å². The third kappa shape index (κ3) is 4.44. The molecule has 11 heteroatoms. The molecule has 0 saturated carbocycles. The molecule has 1 heterocycles. The number of phenolic OH excluding ortho intramolecular Hbond substituents is 1. The second-order valence-corrected chi connectivity index (χ2v) is 7.31. The largest absolute Gasteiger partial charge is 0.507 e. The second-order valence-electron chi connectivity index (χ2n) is 6.40. The zero-order valence-electron chi connectivity index (χ0n) is 14.8. The van der Waals surface area contributed by atoms with Crippen molar-refractivity contribution in [1.82, 2.24) is 4.90 Å². The van der Waals surface area contributed by atoms with Crippen LogP contribution >= 0.6 is 15.9 Å². The predicted octanol–water partition coefficient (Wildman–Crippen LogP) is 4.04. The van der Waals surface area contributed by atoms with Crippen LogP contribution in [0.3, 0.4) is 0 Å². The summed E-state index contributed by atoms with van der Waals surface area (Å²) in [7, 11) is 0. The summed E-state index contributed by atoms with van der Waals surface area (Å²) in [5.41, 5.74) is -1.54. The summed E-state index contributed by atoms with van der Waals surface area (Å²) in [6, 6.07) is 6.88. The zero-order chi connectivity index (χ0) is 21.3. The Hall–Kier alpha value is -2.82. The van der Waals surface area contributed by atoms with E-state index in [9.17, 15) is 33.2 Å². The van der Waals surface area contributed by atoms with Crippen molar-refractivity contribution in [2.24, 2.45) is 0 Å². The zero-order valence-corrected chi connectivity index (χ0v) is 16.4. The molecule has 0 spiro atoms. The van der Waals surface area contributed by atoms with Crippen molar-refractivity contribution in [2.45, 2.75) is 6.18 Å². The summed E-state index contributed by atoms with van der Waals surface area (Å²) in [6.45, 7) is 0.797. The van der Waals surface area contributed by atoms with Gasteiger partial charge in [0, 0.05) is 36.7 Å². The summed E-state index contributed by atoms with van der Waals surface area (Å²) in [4.78, 5) is 26.1. The van der Waals surface area contributed by atoms with Crippen molar-refractivity contribution in [2.75, 3.05) is 31.1 Å². The van der Waals surface area contributed by atoms with Crippen LogP contribution in [0.25, 0.3) is 0 Å². The molecule has 154 valence electrons. The van der Waals surface area contributed by atoms with E-state index in [4.69, 9.17) is 0 Å². The first-order valence-electron chi connectivity index (χ1n) is 8.46. The average Bonchev–Trinajstić information content (AvgIpc) is 2.68. The van der Waals surface area contributed by atoms with E-state index in [-0.39, 0.29) is 43.2 Å². The van der Waals surface area contributed by atoms with Crippen molar-refractivity contribution >= 4 is 33.2 Å². The lowest BCUT2D eigenvalue weighted by Crippen LogP contribution is -2.49. The summed E-state index contributed by atoms with van der Waals surface area (Å²) in [5.74, 6) is -0.565. The van der Waals surface area contributed by atoms with Crippen LogP contribution in [0.4, 0.5) is 24.5 Å². The van der Waals surface area contributed by atoms with Crippen molar-refractivity contribution in [3.8, 4) is 5.75 Å². The van der Waals surface area contributed by atoms with Crippen molar-refractivity contribution in [3.63, 3.8) is 0 Å². The maximum absolute atomic E-state index is 12.9. The van der Waals surface area contributed by atoms with Gasteiger partial charge in [0.1, 0.15) is 11.4 Å². The number of benzene rings is 2. The van der Waals surface area contributed by atoms with E-state index < -0.39 is 28.3 Å². The quantitative estimate of drug-likeness (QED) is 0.536. The van der Waals surface area contributed by atoms with E-state index in [0.717, 1.165) is 12.1 Å². The minimum absolute atomic E-state index is 0.0698. The number of carbonyl (C=O) groups excluding carboxylic acids is 1.